The first kappa shape index (κ1) is 16.1. The Labute approximate surface area is 139 Å². The second-order valence-electron chi connectivity index (χ2n) is 4.93. The SMILES string of the molecule is COC(=O)/C(=C/c1ccc2c(c1)OCO2)S(=O)(=O)c1ccccc1. The molecule has 0 amide bonds. The van der Waals surface area contributed by atoms with Crippen molar-refractivity contribution in [3.05, 3.63) is 59.0 Å². The van der Waals surface area contributed by atoms with Crippen LogP contribution >= 0.6 is 0 Å². The monoisotopic (exact) mass is 346 g/mol. The van der Waals surface area contributed by atoms with Crippen LogP contribution in [0.3, 0.4) is 0 Å². The molecule has 7 heteroatoms. The normalized spacial score (nSPS) is 13.6. The van der Waals surface area contributed by atoms with E-state index in [0.717, 1.165) is 7.11 Å². The molecule has 6 nitrogen and oxygen atoms in total. The molecular formula is C17H14O6S. The molecule has 0 bridgehead atoms. The van der Waals surface area contributed by atoms with E-state index >= 15 is 0 Å². The van der Waals surface area contributed by atoms with Crippen molar-refractivity contribution in [3.8, 4) is 11.5 Å². The first-order chi connectivity index (χ1) is 11.5. The van der Waals surface area contributed by atoms with E-state index in [9.17, 15) is 13.2 Å². The van der Waals surface area contributed by atoms with Crippen LogP contribution in [0.5, 0.6) is 11.5 Å². The molecule has 3 rings (SSSR count). The van der Waals surface area contributed by atoms with E-state index in [4.69, 9.17) is 9.47 Å². The van der Waals surface area contributed by atoms with Gasteiger partial charge in [-0.15, -0.1) is 0 Å². The van der Waals surface area contributed by atoms with Gasteiger partial charge in [-0.05, 0) is 35.9 Å². The summed E-state index contributed by atoms with van der Waals surface area (Å²) in [5.41, 5.74) is 0.485. The van der Waals surface area contributed by atoms with Crippen LogP contribution in [0.15, 0.2) is 58.3 Å². The van der Waals surface area contributed by atoms with Gasteiger partial charge in [-0.2, -0.15) is 0 Å². The van der Waals surface area contributed by atoms with Crippen LogP contribution in [0, 0.1) is 0 Å². The van der Waals surface area contributed by atoms with Crippen LogP contribution < -0.4 is 9.47 Å². The maximum absolute atomic E-state index is 12.7. The molecule has 2 aromatic carbocycles. The van der Waals surface area contributed by atoms with E-state index in [1.807, 2.05) is 0 Å². The summed E-state index contributed by atoms with van der Waals surface area (Å²) < 4.78 is 40.6. The Hall–Kier alpha value is -2.80. The number of fused-ring (bicyclic) bond motifs is 1. The van der Waals surface area contributed by atoms with Gasteiger partial charge in [-0.1, -0.05) is 24.3 Å². The first-order valence-corrected chi connectivity index (χ1v) is 8.50. The zero-order valence-electron chi connectivity index (χ0n) is 12.8. The number of rotatable bonds is 4. The number of carbonyl (C=O) groups is 1. The molecule has 0 aliphatic carbocycles. The number of hydrogen-bond donors (Lipinski definition) is 0. The van der Waals surface area contributed by atoms with Gasteiger partial charge < -0.3 is 14.2 Å². The lowest BCUT2D eigenvalue weighted by Gasteiger charge is -2.08. The third-order valence-electron chi connectivity index (χ3n) is 3.42. The zero-order valence-corrected chi connectivity index (χ0v) is 13.6. The Morgan fingerprint density at radius 2 is 1.79 bits per heavy atom. The van der Waals surface area contributed by atoms with Gasteiger partial charge in [-0.3, -0.25) is 0 Å². The average molecular weight is 346 g/mol. The van der Waals surface area contributed by atoms with Gasteiger partial charge in [0.1, 0.15) is 0 Å². The molecule has 0 aromatic heterocycles. The molecule has 0 radical (unpaired) electrons. The largest absolute Gasteiger partial charge is 0.465 e. The quantitative estimate of drug-likeness (QED) is 0.625. The topological polar surface area (TPSA) is 78.9 Å². The van der Waals surface area contributed by atoms with Crippen molar-refractivity contribution in [2.24, 2.45) is 0 Å². The lowest BCUT2D eigenvalue weighted by Crippen LogP contribution is -2.15. The van der Waals surface area contributed by atoms with Crippen LogP contribution in [0.1, 0.15) is 5.56 Å². The summed E-state index contributed by atoms with van der Waals surface area (Å²) in [6.45, 7) is 0.106. The molecule has 0 spiro atoms. The summed E-state index contributed by atoms with van der Waals surface area (Å²) >= 11 is 0. The fourth-order valence-electron chi connectivity index (χ4n) is 2.23. The fourth-order valence-corrected chi connectivity index (χ4v) is 3.59. The van der Waals surface area contributed by atoms with E-state index in [1.54, 1.807) is 36.4 Å². The zero-order chi connectivity index (χ0) is 17.2. The molecular weight excluding hydrogens is 332 g/mol. The summed E-state index contributed by atoms with van der Waals surface area (Å²) in [5.74, 6) is 0.124. The third-order valence-corrected chi connectivity index (χ3v) is 5.18. The Morgan fingerprint density at radius 3 is 2.50 bits per heavy atom. The molecule has 1 aliphatic heterocycles. The van der Waals surface area contributed by atoms with Crippen LogP contribution in [0.2, 0.25) is 0 Å². The summed E-state index contributed by atoms with van der Waals surface area (Å²) in [5, 5.41) is 0. The van der Waals surface area contributed by atoms with E-state index in [-0.39, 0.29) is 11.7 Å². The maximum atomic E-state index is 12.7. The van der Waals surface area contributed by atoms with Crippen molar-refractivity contribution in [2.45, 2.75) is 4.90 Å². The smallest absolute Gasteiger partial charge is 0.349 e. The van der Waals surface area contributed by atoms with Gasteiger partial charge in [0.15, 0.2) is 16.4 Å². The van der Waals surface area contributed by atoms with Crippen LogP contribution in [0.25, 0.3) is 6.08 Å². The minimum absolute atomic E-state index is 0.0161. The van der Waals surface area contributed by atoms with E-state index in [2.05, 4.69) is 4.74 Å². The summed E-state index contributed by atoms with van der Waals surface area (Å²) in [4.78, 5) is 11.6. The molecule has 0 fully saturated rings. The highest BCUT2D eigenvalue weighted by atomic mass is 32.2. The molecule has 1 heterocycles. The highest BCUT2D eigenvalue weighted by molar-refractivity contribution is 7.96. The second kappa shape index (κ2) is 6.37. The molecule has 0 N–H and O–H groups in total. The number of ether oxygens (including phenoxy) is 3. The van der Waals surface area contributed by atoms with Gasteiger partial charge in [0.2, 0.25) is 16.6 Å². The number of hydrogen-bond acceptors (Lipinski definition) is 6. The predicted molar refractivity (Wildman–Crippen MR) is 86.2 cm³/mol. The van der Waals surface area contributed by atoms with E-state index < -0.39 is 20.7 Å². The lowest BCUT2D eigenvalue weighted by atomic mass is 10.2. The first-order valence-electron chi connectivity index (χ1n) is 7.02. The van der Waals surface area contributed by atoms with Crippen molar-refractivity contribution >= 4 is 21.9 Å². The van der Waals surface area contributed by atoms with Gasteiger partial charge in [0.25, 0.3) is 0 Å². The Bertz CT molecular complexity index is 900. The Kier molecular flexibility index (Phi) is 4.26. The van der Waals surface area contributed by atoms with Crippen molar-refractivity contribution in [2.75, 3.05) is 13.9 Å². The Balaban J connectivity index is 2.09. The molecule has 1 aliphatic rings. The number of benzene rings is 2. The summed E-state index contributed by atoms with van der Waals surface area (Å²) in [6.07, 6.45) is 1.26. The fraction of sp³-hybridized carbons (Fsp3) is 0.118. The molecule has 0 saturated heterocycles. The molecule has 0 saturated carbocycles. The molecule has 24 heavy (non-hydrogen) atoms. The average Bonchev–Trinajstić information content (AvgIpc) is 3.07. The number of methoxy groups -OCH3 is 1. The number of sulfone groups is 1. The minimum Gasteiger partial charge on any atom is -0.465 e. The van der Waals surface area contributed by atoms with E-state index in [1.165, 1.54) is 18.2 Å². The number of esters is 1. The summed E-state index contributed by atoms with van der Waals surface area (Å²) in [7, 11) is -2.87. The van der Waals surface area contributed by atoms with Gasteiger partial charge in [-0.25, -0.2) is 13.2 Å². The van der Waals surface area contributed by atoms with Gasteiger partial charge in [0.05, 0.1) is 12.0 Å². The highest BCUT2D eigenvalue weighted by Gasteiger charge is 2.28. The number of carbonyl (C=O) groups excluding carboxylic acids is 1. The van der Waals surface area contributed by atoms with E-state index in [0.29, 0.717) is 17.1 Å². The lowest BCUT2D eigenvalue weighted by molar-refractivity contribution is -0.135. The minimum atomic E-state index is -4.01. The predicted octanol–water partition coefficient (Wildman–Crippen LogP) is 2.40. The molecule has 0 unspecified atom stereocenters. The van der Waals surface area contributed by atoms with Crippen molar-refractivity contribution in [1.82, 2.24) is 0 Å². The van der Waals surface area contributed by atoms with Crippen molar-refractivity contribution < 1.29 is 27.4 Å². The van der Waals surface area contributed by atoms with Crippen molar-refractivity contribution in [3.63, 3.8) is 0 Å². The highest BCUT2D eigenvalue weighted by Crippen LogP contribution is 2.33. The van der Waals surface area contributed by atoms with Gasteiger partial charge >= 0.3 is 5.97 Å². The van der Waals surface area contributed by atoms with Crippen molar-refractivity contribution in [1.29, 1.82) is 0 Å². The summed E-state index contributed by atoms with van der Waals surface area (Å²) in [6, 6.07) is 12.6. The van der Waals surface area contributed by atoms with Crippen LogP contribution in [-0.2, 0) is 19.4 Å². The molecule has 2 aromatic rings. The molecule has 0 atom stereocenters. The Morgan fingerprint density at radius 1 is 1.08 bits per heavy atom. The standard InChI is InChI=1S/C17H14O6S/c1-21-17(18)16(24(19,20)13-5-3-2-4-6-13)10-12-7-8-14-15(9-12)23-11-22-14/h2-10H,11H2,1H3/b16-10-. The maximum Gasteiger partial charge on any atom is 0.349 e. The van der Waals surface area contributed by atoms with Crippen LogP contribution in [0.4, 0.5) is 0 Å². The molecule has 124 valence electrons. The third kappa shape index (κ3) is 2.98. The van der Waals surface area contributed by atoms with Crippen LogP contribution in [-0.4, -0.2) is 28.3 Å². The van der Waals surface area contributed by atoms with Gasteiger partial charge in [0, 0.05) is 0 Å². The second-order valence-corrected chi connectivity index (χ2v) is 6.85.